The molecule has 0 radical (unpaired) electrons. The van der Waals surface area contributed by atoms with E-state index in [2.05, 4.69) is 13.8 Å². The lowest BCUT2D eigenvalue weighted by Crippen LogP contribution is -2.64. The van der Waals surface area contributed by atoms with E-state index in [1.54, 1.807) is 12.2 Å². The van der Waals surface area contributed by atoms with Crippen LogP contribution >= 0.6 is 0 Å². The Morgan fingerprint density at radius 2 is 1.75 bits per heavy atom. The summed E-state index contributed by atoms with van der Waals surface area (Å²) in [6.07, 6.45) is 6.76. The summed E-state index contributed by atoms with van der Waals surface area (Å²) in [7, 11) is 0. The Labute approximate surface area is 211 Å². The first-order valence-corrected chi connectivity index (χ1v) is 12.7. The first kappa shape index (κ1) is 26.3. The summed E-state index contributed by atoms with van der Waals surface area (Å²) < 4.78 is 16.9. The molecule has 0 amide bonds. The zero-order valence-electron chi connectivity index (χ0n) is 21.9. The molecular formula is C28H36O8. The van der Waals surface area contributed by atoms with Crippen LogP contribution in [0, 0.1) is 34.5 Å². The fourth-order valence-corrected chi connectivity index (χ4v) is 8.24. The third-order valence-electron chi connectivity index (χ3n) is 9.41. The van der Waals surface area contributed by atoms with E-state index in [-0.39, 0.29) is 29.5 Å². The topological polar surface area (TPSA) is 113 Å². The predicted molar refractivity (Wildman–Crippen MR) is 128 cm³/mol. The second kappa shape index (κ2) is 8.96. The average molecular weight is 501 g/mol. The highest BCUT2D eigenvalue weighted by molar-refractivity contribution is 6.01. The van der Waals surface area contributed by atoms with Crippen molar-refractivity contribution in [1.82, 2.24) is 0 Å². The maximum Gasteiger partial charge on any atom is 0.303 e. The van der Waals surface area contributed by atoms with Gasteiger partial charge >= 0.3 is 17.9 Å². The Hall–Kier alpha value is -2.77. The van der Waals surface area contributed by atoms with Gasteiger partial charge in [-0.1, -0.05) is 32.4 Å². The van der Waals surface area contributed by atoms with Crippen LogP contribution in [0.25, 0.3) is 0 Å². The highest BCUT2D eigenvalue weighted by Gasteiger charge is 2.71. The first-order valence-electron chi connectivity index (χ1n) is 12.7. The van der Waals surface area contributed by atoms with Gasteiger partial charge in [-0.05, 0) is 55.6 Å². The molecule has 4 aliphatic rings. The van der Waals surface area contributed by atoms with Gasteiger partial charge in [0.1, 0.15) is 6.10 Å². The molecule has 8 atom stereocenters. The van der Waals surface area contributed by atoms with E-state index >= 15 is 0 Å². The first-order chi connectivity index (χ1) is 16.7. The van der Waals surface area contributed by atoms with E-state index in [1.165, 1.54) is 20.8 Å². The maximum absolute atomic E-state index is 13.6. The van der Waals surface area contributed by atoms with Crippen molar-refractivity contribution in [2.45, 2.75) is 78.9 Å². The van der Waals surface area contributed by atoms with Crippen LogP contribution in [0.5, 0.6) is 0 Å². The van der Waals surface area contributed by atoms with Gasteiger partial charge < -0.3 is 14.2 Å². The number of fused-ring (bicyclic) bond motifs is 5. The monoisotopic (exact) mass is 500 g/mol. The largest absolute Gasteiger partial charge is 0.462 e. The minimum absolute atomic E-state index is 0.00166. The summed E-state index contributed by atoms with van der Waals surface area (Å²) >= 11 is 0. The van der Waals surface area contributed by atoms with E-state index in [4.69, 9.17) is 14.2 Å². The molecule has 0 spiro atoms. The molecule has 8 nitrogen and oxygen atoms in total. The summed E-state index contributed by atoms with van der Waals surface area (Å²) in [4.78, 5) is 62.0. The van der Waals surface area contributed by atoms with Crippen molar-refractivity contribution in [3.63, 3.8) is 0 Å². The molecule has 196 valence electrons. The summed E-state index contributed by atoms with van der Waals surface area (Å²) in [5, 5.41) is 0. The number of rotatable bonds is 5. The van der Waals surface area contributed by atoms with Crippen LogP contribution in [0.15, 0.2) is 23.8 Å². The van der Waals surface area contributed by atoms with Crippen molar-refractivity contribution in [3.05, 3.63) is 23.8 Å². The van der Waals surface area contributed by atoms with Crippen LogP contribution in [0.2, 0.25) is 0 Å². The smallest absolute Gasteiger partial charge is 0.303 e. The van der Waals surface area contributed by atoms with Crippen molar-refractivity contribution in [3.8, 4) is 0 Å². The van der Waals surface area contributed by atoms with Gasteiger partial charge in [-0.3, -0.25) is 24.0 Å². The van der Waals surface area contributed by atoms with E-state index in [0.29, 0.717) is 19.3 Å². The number of ketones is 2. The number of carbonyl (C=O) groups excluding carboxylic acids is 5. The van der Waals surface area contributed by atoms with Crippen molar-refractivity contribution >= 4 is 29.5 Å². The van der Waals surface area contributed by atoms with Crippen LogP contribution < -0.4 is 0 Å². The Bertz CT molecular complexity index is 1070. The summed E-state index contributed by atoms with van der Waals surface area (Å²) in [5.74, 6) is -2.00. The summed E-state index contributed by atoms with van der Waals surface area (Å²) in [6, 6.07) is 0. The maximum atomic E-state index is 13.6. The van der Waals surface area contributed by atoms with Gasteiger partial charge in [0.05, 0.1) is 0 Å². The number of carbonyl (C=O) groups is 5. The van der Waals surface area contributed by atoms with E-state index in [1.807, 2.05) is 13.0 Å². The molecule has 3 fully saturated rings. The number of Topliss-reactive ketones (excluding diaryl/α,β-unsaturated/α-hetero) is 1. The number of hydrogen-bond donors (Lipinski definition) is 0. The van der Waals surface area contributed by atoms with Crippen LogP contribution in [-0.2, 0) is 38.2 Å². The second-order valence-corrected chi connectivity index (χ2v) is 11.5. The molecule has 0 aromatic carbocycles. The summed E-state index contributed by atoms with van der Waals surface area (Å²) in [5.41, 5.74) is -1.75. The summed E-state index contributed by atoms with van der Waals surface area (Å²) in [6.45, 7) is 9.55. The lowest BCUT2D eigenvalue weighted by molar-refractivity contribution is -0.206. The standard InChI is InChI=1S/C28H36O8/c1-15-11-20-21-8-10-28(36-18(4)31,24(33)14-34-16(2)29)27(21,6)13-23(35-17(3)30)25(20)26(5)9-7-19(32)12-22(15)26/h7,9,12,15,20-21,23,25H,8,10-11,13-14H2,1-6H3/t15-,20-,21+,23-,25-,26-,27-,28-/m0/s1. The van der Waals surface area contributed by atoms with E-state index < -0.39 is 52.8 Å². The lowest BCUT2D eigenvalue weighted by Gasteiger charge is -2.61. The van der Waals surface area contributed by atoms with Crippen LogP contribution in [0.4, 0.5) is 0 Å². The number of ether oxygens (including phenoxy) is 3. The van der Waals surface area contributed by atoms with Gasteiger partial charge in [-0.2, -0.15) is 0 Å². The van der Waals surface area contributed by atoms with Gasteiger partial charge in [-0.25, -0.2) is 0 Å². The van der Waals surface area contributed by atoms with Crippen molar-refractivity contribution < 1.29 is 38.2 Å². The van der Waals surface area contributed by atoms with Crippen LogP contribution in [0.1, 0.15) is 67.2 Å². The fourth-order valence-electron chi connectivity index (χ4n) is 8.24. The normalized spacial score (nSPS) is 40.8. The predicted octanol–water partition coefficient (Wildman–Crippen LogP) is 3.52. The molecule has 0 aromatic rings. The quantitative estimate of drug-likeness (QED) is 0.416. The molecule has 36 heavy (non-hydrogen) atoms. The van der Waals surface area contributed by atoms with Gasteiger partial charge in [0.15, 0.2) is 18.0 Å². The van der Waals surface area contributed by atoms with Crippen LogP contribution in [-0.4, -0.2) is 47.8 Å². The van der Waals surface area contributed by atoms with Gasteiger partial charge in [0, 0.05) is 37.5 Å². The Morgan fingerprint density at radius 1 is 1.06 bits per heavy atom. The van der Waals surface area contributed by atoms with Crippen molar-refractivity contribution in [1.29, 1.82) is 0 Å². The van der Waals surface area contributed by atoms with Gasteiger partial charge in [-0.15, -0.1) is 0 Å². The SMILES string of the molecule is CC(=O)OCC(=O)[C@@]1(OC(C)=O)CC[C@@H]2[C@@H]3C[C@H](C)C4=CC(=O)C=C[C@]4(C)[C@@H]3[C@@H](OC(C)=O)C[C@@]21C. The zero-order valence-corrected chi connectivity index (χ0v) is 21.9. The molecule has 0 N–H and O–H groups in total. The molecule has 4 aliphatic carbocycles. The third kappa shape index (κ3) is 3.93. The molecule has 0 heterocycles. The van der Waals surface area contributed by atoms with Gasteiger partial charge in [0.2, 0.25) is 5.78 Å². The zero-order chi connectivity index (χ0) is 26.6. The highest BCUT2D eigenvalue weighted by Crippen LogP contribution is 2.69. The fraction of sp³-hybridized carbons (Fsp3) is 0.679. The molecular weight excluding hydrogens is 464 g/mol. The lowest BCUT2D eigenvalue weighted by atomic mass is 9.44. The van der Waals surface area contributed by atoms with Crippen LogP contribution in [0.3, 0.4) is 0 Å². The molecule has 0 aliphatic heterocycles. The van der Waals surface area contributed by atoms with Crippen molar-refractivity contribution in [2.24, 2.45) is 34.5 Å². The highest BCUT2D eigenvalue weighted by atomic mass is 16.6. The minimum Gasteiger partial charge on any atom is -0.462 e. The van der Waals surface area contributed by atoms with E-state index in [0.717, 1.165) is 12.0 Å². The number of hydrogen-bond acceptors (Lipinski definition) is 8. The molecule has 0 aromatic heterocycles. The second-order valence-electron chi connectivity index (χ2n) is 11.5. The molecule has 4 rings (SSSR count). The average Bonchev–Trinajstić information content (AvgIpc) is 3.05. The molecule has 8 heteroatoms. The molecule has 0 unspecified atom stereocenters. The van der Waals surface area contributed by atoms with Crippen molar-refractivity contribution in [2.75, 3.05) is 6.61 Å². The number of allylic oxidation sites excluding steroid dienone is 4. The Morgan fingerprint density at radius 3 is 2.36 bits per heavy atom. The molecule has 0 bridgehead atoms. The Kier molecular flexibility index (Phi) is 6.55. The third-order valence-corrected chi connectivity index (χ3v) is 9.41. The number of esters is 3. The minimum atomic E-state index is -1.49. The molecule has 0 saturated heterocycles. The molecule has 3 saturated carbocycles. The van der Waals surface area contributed by atoms with Gasteiger partial charge in [0.25, 0.3) is 0 Å². The Balaban J connectivity index is 1.83. The van der Waals surface area contributed by atoms with E-state index in [9.17, 15) is 24.0 Å².